The molecule has 0 saturated heterocycles. The van der Waals surface area contributed by atoms with Crippen LogP contribution in [0.2, 0.25) is 0 Å². The van der Waals surface area contributed by atoms with E-state index in [1.54, 1.807) is 22.3 Å². The van der Waals surface area contributed by atoms with Crippen molar-refractivity contribution in [3.63, 3.8) is 0 Å². The minimum atomic E-state index is 0.380. The maximum atomic E-state index is 6.58. The predicted molar refractivity (Wildman–Crippen MR) is 215 cm³/mol. The van der Waals surface area contributed by atoms with Crippen LogP contribution < -0.4 is 0 Å². The summed E-state index contributed by atoms with van der Waals surface area (Å²) in [5.74, 6) is 6.03. The zero-order valence-electron chi connectivity index (χ0n) is 30.0. The van der Waals surface area contributed by atoms with E-state index in [4.69, 9.17) is 4.74 Å². The van der Waals surface area contributed by atoms with E-state index in [2.05, 4.69) is 147 Å². The molecule has 1 heterocycles. The minimum absolute atomic E-state index is 0.380. The molecule has 4 aromatic carbocycles. The van der Waals surface area contributed by atoms with E-state index in [9.17, 15) is 0 Å². The average molecular weight is 675 g/mol. The van der Waals surface area contributed by atoms with Gasteiger partial charge in [0.05, 0.1) is 0 Å². The monoisotopic (exact) mass is 674 g/mol. The van der Waals surface area contributed by atoms with Crippen molar-refractivity contribution in [1.29, 1.82) is 0 Å². The molecule has 0 radical (unpaired) electrons. The van der Waals surface area contributed by atoms with Gasteiger partial charge in [0.1, 0.15) is 11.5 Å². The van der Waals surface area contributed by atoms with Gasteiger partial charge in [0, 0.05) is 29.6 Å². The number of rotatable bonds is 3. The van der Waals surface area contributed by atoms with E-state index in [1.165, 1.54) is 69.7 Å². The standard InChI is InChI=1S/C51H46O/c1-31-9-8-16-43-48(31)50(40-20-18-33-11-3-5-14-36(33)28-40)44-29-37(21-24-42(44)49(43)39-19-17-32-10-2-4-13-35(32)27-39)38-23-25-46-45(30-38)51-41-15-7-6-12-34(41)22-26-47(51)52-46/h2-7,10-15,17-22,24-28,31,34,37-38,41-42,45,49H,8-9,16,23,29-30H2,1H3. The van der Waals surface area contributed by atoms with Gasteiger partial charge in [0.15, 0.2) is 0 Å². The van der Waals surface area contributed by atoms with E-state index in [1.807, 2.05) is 0 Å². The van der Waals surface area contributed by atoms with Crippen LogP contribution in [-0.4, -0.2) is 0 Å². The highest BCUT2D eigenvalue weighted by atomic mass is 16.5. The van der Waals surface area contributed by atoms with Crippen LogP contribution in [0.25, 0.3) is 27.1 Å². The lowest BCUT2D eigenvalue weighted by molar-refractivity contribution is 0.250. The first-order valence-corrected chi connectivity index (χ1v) is 20.0. The molecule has 11 rings (SSSR count). The third-order valence-electron chi connectivity index (χ3n) is 13.8. The number of ether oxygens (including phenoxy) is 1. The lowest BCUT2D eigenvalue weighted by Crippen LogP contribution is -2.32. The smallest absolute Gasteiger partial charge is 0.127 e. The van der Waals surface area contributed by atoms with Crippen molar-refractivity contribution >= 4 is 27.1 Å². The Bertz CT molecular complexity index is 2400. The Kier molecular flexibility index (Phi) is 7.14. The Morgan fingerprint density at radius 1 is 0.712 bits per heavy atom. The second-order valence-electron chi connectivity index (χ2n) is 16.6. The average Bonchev–Trinajstić information content (AvgIpc) is 3.58. The summed E-state index contributed by atoms with van der Waals surface area (Å²) in [6, 6.07) is 32.5. The SMILES string of the molecule is CC1CCCC2=C1C(c1ccc3ccccc3c1)=C1CC(C3CC=C4OC5=C(C4C3)C3C=CC=CC3C=C5)C=CC1C2c1ccc2ccccc2c1. The van der Waals surface area contributed by atoms with Crippen LogP contribution in [0.3, 0.4) is 0 Å². The molecule has 0 bridgehead atoms. The number of fused-ring (bicyclic) bond motifs is 7. The fraction of sp³-hybridized carbons (Fsp3) is 0.294. The highest BCUT2D eigenvalue weighted by Crippen LogP contribution is 2.59. The van der Waals surface area contributed by atoms with Gasteiger partial charge in [-0.05, 0) is 124 Å². The van der Waals surface area contributed by atoms with Gasteiger partial charge in [-0.2, -0.15) is 0 Å². The van der Waals surface area contributed by atoms with Gasteiger partial charge in [-0.15, -0.1) is 0 Å². The van der Waals surface area contributed by atoms with E-state index in [0.717, 1.165) is 18.6 Å². The van der Waals surface area contributed by atoms with E-state index in [0.29, 0.717) is 47.3 Å². The zero-order chi connectivity index (χ0) is 34.3. The van der Waals surface area contributed by atoms with Crippen molar-refractivity contribution in [2.75, 3.05) is 0 Å². The molecule has 4 aromatic rings. The maximum Gasteiger partial charge on any atom is 0.127 e. The van der Waals surface area contributed by atoms with Gasteiger partial charge < -0.3 is 4.74 Å². The second-order valence-corrected chi connectivity index (χ2v) is 16.6. The fourth-order valence-electron chi connectivity index (χ4n) is 11.4. The number of hydrogen-bond donors (Lipinski definition) is 0. The van der Waals surface area contributed by atoms with Crippen LogP contribution >= 0.6 is 0 Å². The van der Waals surface area contributed by atoms with E-state index >= 15 is 0 Å². The Hall–Kier alpha value is -4.88. The third kappa shape index (κ3) is 4.81. The van der Waals surface area contributed by atoms with Crippen LogP contribution in [0.5, 0.6) is 0 Å². The number of allylic oxidation sites excluding steroid dienone is 14. The molecule has 8 atom stereocenters. The van der Waals surface area contributed by atoms with E-state index < -0.39 is 0 Å². The molecule has 1 heteroatoms. The molecule has 52 heavy (non-hydrogen) atoms. The third-order valence-corrected chi connectivity index (χ3v) is 13.8. The predicted octanol–water partition coefficient (Wildman–Crippen LogP) is 13.0. The lowest BCUT2D eigenvalue weighted by Gasteiger charge is -2.46. The second kappa shape index (κ2) is 12.1. The minimum Gasteiger partial charge on any atom is -0.461 e. The first kappa shape index (κ1) is 30.7. The topological polar surface area (TPSA) is 9.23 Å². The van der Waals surface area contributed by atoms with Crippen molar-refractivity contribution < 1.29 is 4.74 Å². The van der Waals surface area contributed by atoms with Crippen molar-refractivity contribution in [2.45, 2.75) is 51.4 Å². The summed E-state index contributed by atoms with van der Waals surface area (Å²) >= 11 is 0. The highest BCUT2D eigenvalue weighted by Gasteiger charge is 2.46. The van der Waals surface area contributed by atoms with Crippen molar-refractivity contribution in [1.82, 2.24) is 0 Å². The quantitative estimate of drug-likeness (QED) is 0.197. The molecule has 8 unspecified atom stereocenters. The van der Waals surface area contributed by atoms with E-state index in [-0.39, 0.29) is 0 Å². The van der Waals surface area contributed by atoms with Crippen LogP contribution in [0, 0.1) is 41.4 Å². The molecule has 1 aliphatic heterocycles. The summed E-state index contributed by atoms with van der Waals surface area (Å²) < 4.78 is 6.58. The molecular weight excluding hydrogens is 629 g/mol. The molecular formula is C51H46O. The summed E-state index contributed by atoms with van der Waals surface area (Å²) in [4.78, 5) is 0. The van der Waals surface area contributed by atoms with Crippen LogP contribution in [0.4, 0.5) is 0 Å². The first-order chi connectivity index (χ1) is 25.7. The van der Waals surface area contributed by atoms with Gasteiger partial charge in [0.25, 0.3) is 0 Å². The van der Waals surface area contributed by atoms with Gasteiger partial charge >= 0.3 is 0 Å². The summed E-state index contributed by atoms with van der Waals surface area (Å²) in [6.07, 6.45) is 28.8. The van der Waals surface area contributed by atoms with Crippen molar-refractivity contribution in [3.8, 4) is 0 Å². The molecule has 0 amide bonds. The van der Waals surface area contributed by atoms with Gasteiger partial charge in [0.2, 0.25) is 0 Å². The summed E-state index contributed by atoms with van der Waals surface area (Å²) in [5.41, 5.74) is 11.1. The van der Waals surface area contributed by atoms with Gasteiger partial charge in [-0.25, -0.2) is 0 Å². The number of hydrogen-bond acceptors (Lipinski definition) is 1. The lowest BCUT2D eigenvalue weighted by atomic mass is 9.58. The fourth-order valence-corrected chi connectivity index (χ4v) is 11.4. The molecule has 0 aromatic heterocycles. The molecule has 0 fully saturated rings. The normalized spacial score (nSPS) is 31.6. The van der Waals surface area contributed by atoms with Gasteiger partial charge in [-0.3, -0.25) is 0 Å². The maximum absolute atomic E-state index is 6.58. The largest absolute Gasteiger partial charge is 0.461 e. The first-order valence-electron chi connectivity index (χ1n) is 20.0. The molecule has 0 saturated carbocycles. The number of benzene rings is 4. The van der Waals surface area contributed by atoms with Gasteiger partial charge in [-0.1, -0.05) is 139 Å². The summed E-state index contributed by atoms with van der Waals surface area (Å²) in [7, 11) is 0. The Morgan fingerprint density at radius 3 is 2.37 bits per heavy atom. The molecule has 256 valence electrons. The van der Waals surface area contributed by atoms with Crippen molar-refractivity contribution in [2.24, 2.45) is 41.4 Å². The van der Waals surface area contributed by atoms with Crippen LogP contribution in [0.1, 0.15) is 62.5 Å². The van der Waals surface area contributed by atoms with Crippen LogP contribution in [-0.2, 0) is 4.74 Å². The van der Waals surface area contributed by atoms with Crippen LogP contribution in [0.15, 0.2) is 173 Å². The molecule has 6 aliphatic carbocycles. The molecule has 7 aliphatic rings. The molecule has 0 spiro atoms. The summed E-state index contributed by atoms with van der Waals surface area (Å²) in [5, 5.41) is 5.36. The zero-order valence-corrected chi connectivity index (χ0v) is 30.0. The molecule has 0 N–H and O–H groups in total. The Morgan fingerprint density at radius 2 is 1.50 bits per heavy atom. The highest BCUT2D eigenvalue weighted by molar-refractivity contribution is 5.92. The Labute approximate surface area is 308 Å². The molecule has 1 nitrogen and oxygen atoms in total. The Balaban J connectivity index is 1.04. The van der Waals surface area contributed by atoms with Crippen molar-refractivity contribution in [3.05, 3.63) is 185 Å². The summed E-state index contributed by atoms with van der Waals surface area (Å²) in [6.45, 7) is 2.52.